The highest BCUT2D eigenvalue weighted by Gasteiger charge is 2.18. The number of primary amides is 1. The Hall–Kier alpha value is -2.44. The van der Waals surface area contributed by atoms with Crippen molar-refractivity contribution in [3.63, 3.8) is 0 Å². The van der Waals surface area contributed by atoms with Crippen molar-refractivity contribution in [2.45, 2.75) is 13.0 Å². The topological polar surface area (TPSA) is 90.7 Å². The zero-order chi connectivity index (χ0) is 19.3. The number of halogens is 2. The van der Waals surface area contributed by atoms with Gasteiger partial charge in [-0.2, -0.15) is 0 Å². The van der Waals surface area contributed by atoms with Gasteiger partial charge in [0.2, 0.25) is 0 Å². The summed E-state index contributed by atoms with van der Waals surface area (Å²) in [6.07, 6.45) is 0. The van der Waals surface area contributed by atoms with Gasteiger partial charge in [0.15, 0.2) is 18.1 Å². The Kier molecular flexibility index (Phi) is 6.71. The molecule has 0 heterocycles. The number of hydrogen-bond donors (Lipinski definition) is 2. The summed E-state index contributed by atoms with van der Waals surface area (Å²) in [6, 6.07) is 9.85. The van der Waals surface area contributed by atoms with E-state index in [1.54, 1.807) is 12.1 Å². The molecule has 6 nitrogen and oxygen atoms in total. The number of carbonyl (C=O) groups excluding carboxylic acids is 2. The molecule has 0 spiro atoms. The van der Waals surface area contributed by atoms with Gasteiger partial charge in [-0.3, -0.25) is 9.59 Å². The minimum atomic E-state index is -0.651. The van der Waals surface area contributed by atoms with Gasteiger partial charge in [0.1, 0.15) is 0 Å². The highest BCUT2D eigenvalue weighted by molar-refractivity contribution is 6.32. The molecule has 0 aliphatic heterocycles. The van der Waals surface area contributed by atoms with E-state index < -0.39 is 5.91 Å². The summed E-state index contributed by atoms with van der Waals surface area (Å²) < 4.78 is 10.4. The van der Waals surface area contributed by atoms with E-state index in [0.717, 1.165) is 5.56 Å². The van der Waals surface area contributed by atoms with Crippen LogP contribution in [-0.2, 0) is 4.79 Å². The van der Waals surface area contributed by atoms with E-state index in [0.29, 0.717) is 10.6 Å². The third-order valence-corrected chi connectivity index (χ3v) is 4.10. The molecule has 0 fully saturated rings. The smallest absolute Gasteiger partial charge is 0.255 e. The highest BCUT2D eigenvalue weighted by atomic mass is 35.5. The number of benzene rings is 2. The van der Waals surface area contributed by atoms with Crippen molar-refractivity contribution >= 4 is 35.0 Å². The molecule has 2 aromatic carbocycles. The Balaban J connectivity index is 2.19. The van der Waals surface area contributed by atoms with Crippen molar-refractivity contribution in [2.75, 3.05) is 13.7 Å². The van der Waals surface area contributed by atoms with E-state index >= 15 is 0 Å². The lowest BCUT2D eigenvalue weighted by Crippen LogP contribution is -2.26. The number of methoxy groups -OCH3 is 1. The summed E-state index contributed by atoms with van der Waals surface area (Å²) in [4.78, 5) is 23.4. The number of ether oxygens (including phenoxy) is 2. The van der Waals surface area contributed by atoms with E-state index in [2.05, 4.69) is 5.32 Å². The van der Waals surface area contributed by atoms with Gasteiger partial charge in [0, 0.05) is 10.6 Å². The third-order valence-electron chi connectivity index (χ3n) is 3.57. The van der Waals surface area contributed by atoms with Crippen LogP contribution in [0.2, 0.25) is 10.0 Å². The fourth-order valence-corrected chi connectivity index (χ4v) is 2.64. The van der Waals surface area contributed by atoms with Gasteiger partial charge in [-0.1, -0.05) is 35.3 Å². The molecule has 0 radical (unpaired) electrons. The van der Waals surface area contributed by atoms with Crippen LogP contribution in [0.15, 0.2) is 36.4 Å². The molecular weight excluding hydrogens is 379 g/mol. The van der Waals surface area contributed by atoms with Crippen LogP contribution in [0.1, 0.15) is 28.9 Å². The predicted molar refractivity (Wildman–Crippen MR) is 100 cm³/mol. The molecule has 1 unspecified atom stereocenters. The second-order valence-corrected chi connectivity index (χ2v) is 6.33. The normalized spacial score (nSPS) is 11.5. The molecule has 8 heteroatoms. The average molecular weight is 397 g/mol. The van der Waals surface area contributed by atoms with Crippen molar-refractivity contribution in [3.05, 3.63) is 57.6 Å². The van der Waals surface area contributed by atoms with Gasteiger partial charge in [0.25, 0.3) is 11.8 Å². The number of rotatable bonds is 7. The number of hydrogen-bond acceptors (Lipinski definition) is 4. The number of carbonyl (C=O) groups is 2. The molecule has 26 heavy (non-hydrogen) atoms. The van der Waals surface area contributed by atoms with E-state index in [1.807, 2.05) is 19.1 Å². The zero-order valence-corrected chi connectivity index (χ0v) is 15.7. The lowest BCUT2D eigenvalue weighted by molar-refractivity contribution is -0.119. The Morgan fingerprint density at radius 3 is 2.42 bits per heavy atom. The second kappa shape index (κ2) is 8.78. The maximum Gasteiger partial charge on any atom is 0.255 e. The first-order chi connectivity index (χ1) is 12.3. The van der Waals surface area contributed by atoms with E-state index in [1.165, 1.54) is 19.2 Å². The Morgan fingerprint density at radius 2 is 1.85 bits per heavy atom. The first-order valence-electron chi connectivity index (χ1n) is 7.66. The first kappa shape index (κ1) is 19.9. The van der Waals surface area contributed by atoms with Gasteiger partial charge in [-0.25, -0.2) is 0 Å². The number of nitrogens with one attached hydrogen (secondary N) is 1. The van der Waals surface area contributed by atoms with Gasteiger partial charge < -0.3 is 20.5 Å². The zero-order valence-electron chi connectivity index (χ0n) is 14.2. The fraction of sp³-hybridized carbons (Fsp3) is 0.222. The third kappa shape index (κ3) is 5.03. The molecule has 0 bridgehead atoms. The molecular formula is C18H18Cl2N2O4. The summed E-state index contributed by atoms with van der Waals surface area (Å²) in [7, 11) is 1.40. The summed E-state index contributed by atoms with van der Waals surface area (Å²) >= 11 is 12.0. The van der Waals surface area contributed by atoms with Gasteiger partial charge >= 0.3 is 0 Å². The second-order valence-electron chi connectivity index (χ2n) is 5.49. The molecule has 0 aromatic heterocycles. The Bertz CT molecular complexity index is 810. The van der Waals surface area contributed by atoms with Crippen LogP contribution in [0.4, 0.5) is 0 Å². The minimum Gasteiger partial charge on any atom is -0.493 e. The maximum atomic E-state index is 12.5. The maximum absolute atomic E-state index is 12.5. The fourth-order valence-electron chi connectivity index (χ4n) is 2.25. The quantitative estimate of drug-likeness (QED) is 0.750. The molecule has 1 atom stereocenters. The van der Waals surface area contributed by atoms with Crippen molar-refractivity contribution < 1.29 is 19.1 Å². The van der Waals surface area contributed by atoms with Crippen molar-refractivity contribution in [2.24, 2.45) is 5.73 Å². The average Bonchev–Trinajstić information content (AvgIpc) is 2.60. The molecule has 2 rings (SSSR count). The standard InChI is InChI=1S/C18H18Cl2N2O4/c1-10(11-3-5-13(19)6-4-11)22-18(24)12-7-14(20)17(15(8-12)25-2)26-9-16(21)23/h3-8,10H,9H2,1-2H3,(H2,21,23)(H,22,24). The monoisotopic (exact) mass is 396 g/mol. The summed E-state index contributed by atoms with van der Waals surface area (Å²) in [5.41, 5.74) is 6.25. The summed E-state index contributed by atoms with van der Waals surface area (Å²) in [6.45, 7) is 1.50. The molecule has 2 amide bonds. The van der Waals surface area contributed by atoms with Crippen LogP contribution >= 0.6 is 23.2 Å². The molecule has 0 aliphatic rings. The summed E-state index contributed by atoms with van der Waals surface area (Å²) in [5.74, 6) is -0.617. The van der Waals surface area contributed by atoms with Crippen LogP contribution in [0.5, 0.6) is 11.5 Å². The van der Waals surface area contributed by atoms with Gasteiger partial charge in [-0.05, 0) is 36.8 Å². The van der Waals surface area contributed by atoms with E-state index in [9.17, 15) is 9.59 Å². The van der Waals surface area contributed by atoms with Crippen LogP contribution < -0.4 is 20.5 Å². The lowest BCUT2D eigenvalue weighted by atomic mass is 10.1. The van der Waals surface area contributed by atoms with Crippen LogP contribution in [0.25, 0.3) is 0 Å². The predicted octanol–water partition coefficient (Wildman–Crippen LogP) is 3.36. The van der Waals surface area contributed by atoms with Crippen LogP contribution in [0.3, 0.4) is 0 Å². The van der Waals surface area contributed by atoms with Crippen molar-refractivity contribution in [1.82, 2.24) is 5.32 Å². The van der Waals surface area contributed by atoms with E-state index in [-0.39, 0.29) is 35.1 Å². The van der Waals surface area contributed by atoms with Crippen molar-refractivity contribution in [3.8, 4) is 11.5 Å². The van der Waals surface area contributed by atoms with Crippen LogP contribution in [0, 0.1) is 0 Å². The molecule has 3 N–H and O–H groups in total. The first-order valence-corrected chi connectivity index (χ1v) is 8.42. The van der Waals surface area contributed by atoms with E-state index in [4.69, 9.17) is 38.4 Å². The largest absolute Gasteiger partial charge is 0.493 e. The van der Waals surface area contributed by atoms with Gasteiger partial charge in [0.05, 0.1) is 18.2 Å². The molecule has 0 saturated carbocycles. The van der Waals surface area contributed by atoms with Crippen molar-refractivity contribution in [1.29, 1.82) is 0 Å². The Morgan fingerprint density at radius 1 is 1.19 bits per heavy atom. The molecule has 0 saturated heterocycles. The summed E-state index contributed by atoms with van der Waals surface area (Å²) in [5, 5.41) is 3.62. The molecule has 138 valence electrons. The molecule has 2 aromatic rings. The minimum absolute atomic E-state index is 0.134. The SMILES string of the molecule is COc1cc(C(=O)NC(C)c2ccc(Cl)cc2)cc(Cl)c1OCC(N)=O. The number of nitrogens with two attached hydrogens (primary N) is 1. The van der Waals surface area contributed by atoms with Gasteiger partial charge in [-0.15, -0.1) is 0 Å². The lowest BCUT2D eigenvalue weighted by Gasteiger charge is -2.16. The number of amides is 2. The van der Waals surface area contributed by atoms with Crippen LogP contribution in [-0.4, -0.2) is 25.5 Å². The Labute approximate surface area is 161 Å². The highest BCUT2D eigenvalue weighted by Crippen LogP contribution is 2.36. The molecule has 0 aliphatic carbocycles.